The van der Waals surface area contributed by atoms with Gasteiger partial charge in [-0.25, -0.2) is 14.6 Å². The van der Waals surface area contributed by atoms with Crippen LogP contribution in [0.15, 0.2) is 24.4 Å². The normalized spacial score (nSPS) is 11.6. The zero-order valence-corrected chi connectivity index (χ0v) is 9.51. The topological polar surface area (TPSA) is 91.3 Å². The van der Waals surface area contributed by atoms with E-state index in [-0.39, 0.29) is 0 Å². The summed E-state index contributed by atoms with van der Waals surface area (Å²) in [5, 5.41) is 13.7. The fourth-order valence-corrected chi connectivity index (χ4v) is 1.29. The molecule has 6 nitrogen and oxygen atoms in total. The van der Waals surface area contributed by atoms with Gasteiger partial charge in [-0.3, -0.25) is 5.32 Å². The Morgan fingerprint density at radius 3 is 2.76 bits per heavy atom. The molecule has 0 fully saturated rings. The summed E-state index contributed by atoms with van der Waals surface area (Å²) in [5.74, 6) is -0.659. The lowest BCUT2D eigenvalue weighted by Gasteiger charge is -2.13. The first-order valence-electron chi connectivity index (χ1n) is 5.35. The molecule has 0 saturated carbocycles. The van der Waals surface area contributed by atoms with E-state index in [4.69, 9.17) is 5.11 Å². The van der Waals surface area contributed by atoms with Crippen molar-refractivity contribution in [2.24, 2.45) is 0 Å². The molecular formula is C11H15N3O3. The van der Waals surface area contributed by atoms with Crippen LogP contribution in [0.2, 0.25) is 0 Å². The first-order chi connectivity index (χ1) is 8.13. The van der Waals surface area contributed by atoms with Gasteiger partial charge in [-0.05, 0) is 18.6 Å². The number of nitrogens with one attached hydrogen (secondary N) is 2. The maximum Gasteiger partial charge on any atom is 0.326 e. The Morgan fingerprint density at radius 1 is 1.47 bits per heavy atom. The van der Waals surface area contributed by atoms with Crippen LogP contribution in [-0.4, -0.2) is 28.1 Å². The molecule has 1 unspecified atom stereocenters. The Kier molecular flexibility index (Phi) is 4.93. The number of carbonyl (C=O) groups is 2. The van der Waals surface area contributed by atoms with Crippen LogP contribution < -0.4 is 10.6 Å². The van der Waals surface area contributed by atoms with E-state index in [9.17, 15) is 9.59 Å². The van der Waals surface area contributed by atoms with Gasteiger partial charge in [-0.1, -0.05) is 19.4 Å². The monoisotopic (exact) mass is 237 g/mol. The summed E-state index contributed by atoms with van der Waals surface area (Å²) >= 11 is 0. The molecule has 6 heteroatoms. The fraction of sp³-hybridized carbons (Fsp3) is 0.364. The van der Waals surface area contributed by atoms with Crippen LogP contribution in [0.5, 0.6) is 0 Å². The summed E-state index contributed by atoms with van der Waals surface area (Å²) in [5.41, 5.74) is 0. The van der Waals surface area contributed by atoms with Crippen molar-refractivity contribution in [1.29, 1.82) is 0 Å². The number of hydrogen-bond donors (Lipinski definition) is 3. The first-order valence-corrected chi connectivity index (χ1v) is 5.35. The van der Waals surface area contributed by atoms with Crippen LogP contribution in [0.1, 0.15) is 19.8 Å². The first kappa shape index (κ1) is 13.0. The summed E-state index contributed by atoms with van der Waals surface area (Å²) in [7, 11) is 0. The predicted molar refractivity (Wildman–Crippen MR) is 62.7 cm³/mol. The Bertz CT molecular complexity index is 381. The molecule has 1 rings (SSSR count). The molecule has 1 atom stereocenters. The number of aliphatic carboxylic acids is 1. The largest absolute Gasteiger partial charge is 0.480 e. The number of pyridine rings is 1. The van der Waals surface area contributed by atoms with Gasteiger partial charge in [0.2, 0.25) is 0 Å². The highest BCUT2D eigenvalue weighted by Crippen LogP contribution is 2.01. The molecule has 1 aromatic rings. The second kappa shape index (κ2) is 6.47. The van der Waals surface area contributed by atoms with E-state index in [0.717, 1.165) is 0 Å². The number of rotatable bonds is 5. The molecule has 0 aliphatic heterocycles. The minimum atomic E-state index is -1.04. The molecule has 1 heterocycles. The number of aromatic nitrogens is 1. The number of hydrogen-bond acceptors (Lipinski definition) is 3. The van der Waals surface area contributed by atoms with Crippen LogP contribution >= 0.6 is 0 Å². The van der Waals surface area contributed by atoms with Crippen molar-refractivity contribution >= 4 is 17.8 Å². The van der Waals surface area contributed by atoms with Crippen molar-refractivity contribution in [3.05, 3.63) is 24.4 Å². The van der Waals surface area contributed by atoms with Gasteiger partial charge in [0.15, 0.2) is 0 Å². The molecular weight excluding hydrogens is 222 g/mol. The number of amides is 2. The van der Waals surface area contributed by atoms with Gasteiger partial charge in [0.25, 0.3) is 0 Å². The molecule has 0 radical (unpaired) electrons. The standard InChI is InChI=1S/C11H15N3O3/c1-2-5-8(10(15)16)13-11(17)14-9-6-3-4-7-12-9/h3-4,6-8H,2,5H2,1H3,(H,15,16)(H2,12,13,14,17). The summed E-state index contributed by atoms with van der Waals surface area (Å²) in [4.78, 5) is 26.2. The van der Waals surface area contributed by atoms with E-state index in [1.54, 1.807) is 18.2 Å². The minimum absolute atomic E-state index is 0.380. The van der Waals surface area contributed by atoms with Crippen molar-refractivity contribution in [1.82, 2.24) is 10.3 Å². The lowest BCUT2D eigenvalue weighted by molar-refractivity contribution is -0.139. The number of urea groups is 1. The zero-order chi connectivity index (χ0) is 12.7. The summed E-state index contributed by atoms with van der Waals surface area (Å²) in [6.45, 7) is 1.86. The van der Waals surface area contributed by atoms with Gasteiger partial charge in [-0.15, -0.1) is 0 Å². The van der Waals surface area contributed by atoms with E-state index in [2.05, 4.69) is 15.6 Å². The Labute approximate surface area is 99.1 Å². The molecule has 2 amide bonds. The number of anilines is 1. The Morgan fingerprint density at radius 2 is 2.24 bits per heavy atom. The average Bonchev–Trinajstić information content (AvgIpc) is 2.29. The molecule has 0 aliphatic carbocycles. The average molecular weight is 237 g/mol. The van der Waals surface area contributed by atoms with Crippen LogP contribution in [-0.2, 0) is 4.79 Å². The van der Waals surface area contributed by atoms with E-state index >= 15 is 0 Å². The molecule has 0 aliphatic rings. The van der Waals surface area contributed by atoms with Crippen LogP contribution in [0.3, 0.4) is 0 Å². The van der Waals surface area contributed by atoms with E-state index in [1.165, 1.54) is 6.20 Å². The van der Waals surface area contributed by atoms with Crippen molar-refractivity contribution in [3.63, 3.8) is 0 Å². The quantitative estimate of drug-likeness (QED) is 0.722. The summed E-state index contributed by atoms with van der Waals surface area (Å²) < 4.78 is 0. The van der Waals surface area contributed by atoms with E-state index in [1.807, 2.05) is 6.92 Å². The van der Waals surface area contributed by atoms with Gasteiger partial charge >= 0.3 is 12.0 Å². The van der Waals surface area contributed by atoms with E-state index in [0.29, 0.717) is 18.7 Å². The molecule has 0 saturated heterocycles. The zero-order valence-electron chi connectivity index (χ0n) is 9.51. The van der Waals surface area contributed by atoms with Crippen LogP contribution in [0.25, 0.3) is 0 Å². The highest BCUT2D eigenvalue weighted by atomic mass is 16.4. The Hall–Kier alpha value is -2.11. The predicted octanol–water partition coefficient (Wildman–Crippen LogP) is 1.46. The third-order valence-corrected chi connectivity index (χ3v) is 2.09. The molecule has 1 aromatic heterocycles. The lowest BCUT2D eigenvalue weighted by Crippen LogP contribution is -2.42. The van der Waals surface area contributed by atoms with Crippen molar-refractivity contribution in [2.75, 3.05) is 5.32 Å². The molecule has 0 bridgehead atoms. The highest BCUT2D eigenvalue weighted by molar-refractivity contribution is 5.91. The SMILES string of the molecule is CCCC(NC(=O)Nc1ccccn1)C(=O)O. The van der Waals surface area contributed by atoms with Crippen LogP contribution in [0.4, 0.5) is 10.6 Å². The third-order valence-electron chi connectivity index (χ3n) is 2.09. The fourth-order valence-electron chi connectivity index (χ4n) is 1.29. The van der Waals surface area contributed by atoms with E-state index < -0.39 is 18.0 Å². The van der Waals surface area contributed by atoms with Crippen molar-refractivity contribution in [3.8, 4) is 0 Å². The molecule has 92 valence electrons. The van der Waals surface area contributed by atoms with Crippen molar-refractivity contribution < 1.29 is 14.7 Å². The highest BCUT2D eigenvalue weighted by Gasteiger charge is 2.18. The molecule has 17 heavy (non-hydrogen) atoms. The number of nitrogens with zero attached hydrogens (tertiary/aromatic N) is 1. The molecule has 0 aromatic carbocycles. The van der Waals surface area contributed by atoms with Crippen LogP contribution in [0, 0.1) is 0 Å². The Balaban J connectivity index is 2.51. The number of carboxylic acid groups (broad SMARTS) is 1. The smallest absolute Gasteiger partial charge is 0.326 e. The molecule has 0 spiro atoms. The molecule has 3 N–H and O–H groups in total. The lowest BCUT2D eigenvalue weighted by atomic mass is 10.2. The van der Waals surface area contributed by atoms with Gasteiger partial charge in [0.05, 0.1) is 0 Å². The second-order valence-electron chi connectivity index (χ2n) is 3.49. The summed E-state index contributed by atoms with van der Waals surface area (Å²) in [6, 6.07) is 3.63. The minimum Gasteiger partial charge on any atom is -0.480 e. The second-order valence-corrected chi connectivity index (χ2v) is 3.49. The van der Waals surface area contributed by atoms with Gasteiger partial charge in [0, 0.05) is 6.20 Å². The van der Waals surface area contributed by atoms with Gasteiger partial charge < -0.3 is 10.4 Å². The maximum absolute atomic E-state index is 11.5. The third kappa shape index (κ3) is 4.50. The van der Waals surface area contributed by atoms with Gasteiger partial charge in [-0.2, -0.15) is 0 Å². The number of carbonyl (C=O) groups excluding carboxylic acids is 1. The maximum atomic E-state index is 11.5. The van der Waals surface area contributed by atoms with Gasteiger partial charge in [0.1, 0.15) is 11.9 Å². The van der Waals surface area contributed by atoms with Crippen molar-refractivity contribution in [2.45, 2.75) is 25.8 Å². The number of carboxylic acids is 1. The summed E-state index contributed by atoms with van der Waals surface area (Å²) in [6.07, 6.45) is 2.61.